The molecule has 0 aliphatic carbocycles. The third kappa shape index (κ3) is 1.73. The van der Waals surface area contributed by atoms with Crippen molar-refractivity contribution in [3.8, 4) is 0 Å². The van der Waals surface area contributed by atoms with Gasteiger partial charge in [-0.2, -0.15) is 5.10 Å². The van der Waals surface area contributed by atoms with Crippen molar-refractivity contribution in [1.82, 2.24) is 9.78 Å². The van der Waals surface area contributed by atoms with Crippen LogP contribution in [0.2, 0.25) is 0 Å². The second-order valence-electron chi connectivity index (χ2n) is 4.14. The normalized spacial score (nSPS) is 11.6. The van der Waals surface area contributed by atoms with Crippen LogP contribution in [0.25, 0.3) is 0 Å². The van der Waals surface area contributed by atoms with Gasteiger partial charge in [0.2, 0.25) is 0 Å². The summed E-state index contributed by atoms with van der Waals surface area (Å²) in [5.74, 6) is 0. The van der Waals surface area contributed by atoms with Gasteiger partial charge in [-0.3, -0.25) is 4.68 Å². The maximum absolute atomic E-state index is 5.67. The summed E-state index contributed by atoms with van der Waals surface area (Å²) in [6, 6.07) is 10.3. The van der Waals surface area contributed by atoms with Gasteiger partial charge in [0.05, 0.1) is 17.4 Å². The lowest BCUT2D eigenvalue weighted by atomic mass is 9.95. The van der Waals surface area contributed by atoms with E-state index in [9.17, 15) is 0 Å². The molecule has 2 rings (SSSR count). The first-order chi connectivity index (χ1) is 7.10. The maximum atomic E-state index is 5.67. The molecule has 15 heavy (non-hydrogen) atoms. The van der Waals surface area contributed by atoms with E-state index in [0.717, 1.165) is 0 Å². The van der Waals surface area contributed by atoms with Crippen LogP contribution < -0.4 is 5.73 Å². The van der Waals surface area contributed by atoms with Crippen molar-refractivity contribution in [3.63, 3.8) is 0 Å². The van der Waals surface area contributed by atoms with E-state index in [-0.39, 0.29) is 5.54 Å². The van der Waals surface area contributed by atoms with Crippen LogP contribution in [0.3, 0.4) is 0 Å². The Bertz CT molecular complexity index is 443. The van der Waals surface area contributed by atoms with E-state index in [1.165, 1.54) is 5.56 Å². The zero-order valence-corrected chi connectivity index (χ0v) is 9.01. The Labute approximate surface area is 89.5 Å². The Hall–Kier alpha value is -1.77. The van der Waals surface area contributed by atoms with Crippen molar-refractivity contribution in [3.05, 3.63) is 48.3 Å². The van der Waals surface area contributed by atoms with Gasteiger partial charge in [-0.05, 0) is 19.4 Å². The predicted molar refractivity (Wildman–Crippen MR) is 61.5 cm³/mol. The van der Waals surface area contributed by atoms with Crippen LogP contribution in [0.5, 0.6) is 0 Å². The SMILES string of the molecule is CC(C)(c1ccccc1)n1cc(N)cn1. The monoisotopic (exact) mass is 201 g/mol. The summed E-state index contributed by atoms with van der Waals surface area (Å²) in [6.07, 6.45) is 3.53. The molecule has 0 radical (unpaired) electrons. The molecular formula is C12H15N3. The van der Waals surface area contributed by atoms with Crippen LogP contribution in [0.15, 0.2) is 42.7 Å². The molecule has 78 valence electrons. The third-order valence-corrected chi connectivity index (χ3v) is 2.66. The summed E-state index contributed by atoms with van der Waals surface area (Å²) in [6.45, 7) is 4.24. The highest BCUT2D eigenvalue weighted by atomic mass is 15.3. The van der Waals surface area contributed by atoms with E-state index < -0.39 is 0 Å². The lowest BCUT2D eigenvalue weighted by Gasteiger charge is -2.25. The molecule has 0 aliphatic heterocycles. The minimum atomic E-state index is -0.168. The lowest BCUT2D eigenvalue weighted by molar-refractivity contribution is 0.391. The van der Waals surface area contributed by atoms with Gasteiger partial charge in [-0.1, -0.05) is 30.3 Å². The van der Waals surface area contributed by atoms with Gasteiger partial charge in [0.1, 0.15) is 0 Å². The molecule has 0 fully saturated rings. The molecule has 2 aromatic rings. The smallest absolute Gasteiger partial charge is 0.0820 e. The zero-order chi connectivity index (χ0) is 10.9. The van der Waals surface area contributed by atoms with Gasteiger partial charge in [0, 0.05) is 6.20 Å². The number of aromatic nitrogens is 2. The molecule has 0 saturated heterocycles. The second kappa shape index (κ2) is 3.42. The number of anilines is 1. The average Bonchev–Trinajstić information content (AvgIpc) is 2.67. The van der Waals surface area contributed by atoms with Crippen LogP contribution in [-0.4, -0.2) is 9.78 Å². The first kappa shape index (κ1) is 9.77. The van der Waals surface area contributed by atoms with Crippen molar-refractivity contribution in [2.75, 3.05) is 5.73 Å². The summed E-state index contributed by atoms with van der Waals surface area (Å²) in [5, 5.41) is 4.26. The summed E-state index contributed by atoms with van der Waals surface area (Å²) in [5.41, 5.74) is 7.41. The minimum Gasteiger partial charge on any atom is -0.396 e. The molecule has 1 aromatic carbocycles. The first-order valence-corrected chi connectivity index (χ1v) is 4.97. The van der Waals surface area contributed by atoms with Crippen LogP contribution in [0.1, 0.15) is 19.4 Å². The van der Waals surface area contributed by atoms with Gasteiger partial charge in [0.25, 0.3) is 0 Å². The molecular weight excluding hydrogens is 186 g/mol. The van der Waals surface area contributed by atoms with Crippen LogP contribution in [0, 0.1) is 0 Å². The topological polar surface area (TPSA) is 43.8 Å². The summed E-state index contributed by atoms with van der Waals surface area (Å²) in [7, 11) is 0. The second-order valence-corrected chi connectivity index (χ2v) is 4.14. The largest absolute Gasteiger partial charge is 0.396 e. The number of hydrogen-bond acceptors (Lipinski definition) is 2. The molecule has 3 heteroatoms. The zero-order valence-electron chi connectivity index (χ0n) is 9.01. The van der Waals surface area contributed by atoms with Gasteiger partial charge in [-0.25, -0.2) is 0 Å². The highest BCUT2D eigenvalue weighted by Crippen LogP contribution is 2.24. The lowest BCUT2D eigenvalue weighted by Crippen LogP contribution is -2.28. The first-order valence-electron chi connectivity index (χ1n) is 4.97. The average molecular weight is 201 g/mol. The van der Waals surface area contributed by atoms with Crippen LogP contribution in [0.4, 0.5) is 5.69 Å². The van der Waals surface area contributed by atoms with Crippen LogP contribution >= 0.6 is 0 Å². The van der Waals surface area contributed by atoms with Crippen molar-refractivity contribution in [2.24, 2.45) is 0 Å². The number of nitrogens with two attached hydrogens (primary N) is 1. The molecule has 0 bridgehead atoms. The van der Waals surface area contributed by atoms with E-state index in [4.69, 9.17) is 5.73 Å². The van der Waals surface area contributed by atoms with E-state index in [2.05, 4.69) is 31.1 Å². The molecule has 0 saturated carbocycles. The molecule has 0 aliphatic rings. The van der Waals surface area contributed by atoms with Crippen molar-refractivity contribution < 1.29 is 0 Å². The Morgan fingerprint density at radius 1 is 1.20 bits per heavy atom. The molecule has 2 N–H and O–H groups in total. The van der Waals surface area contributed by atoms with Crippen LogP contribution in [-0.2, 0) is 5.54 Å². The summed E-state index contributed by atoms with van der Waals surface area (Å²) < 4.78 is 1.89. The number of rotatable bonds is 2. The number of nitrogens with zero attached hydrogens (tertiary/aromatic N) is 2. The highest BCUT2D eigenvalue weighted by molar-refractivity contribution is 5.33. The number of nitrogen functional groups attached to an aromatic ring is 1. The van der Waals surface area contributed by atoms with E-state index in [1.54, 1.807) is 6.20 Å². The number of hydrogen-bond donors (Lipinski definition) is 1. The van der Waals surface area contributed by atoms with Gasteiger partial charge >= 0.3 is 0 Å². The highest BCUT2D eigenvalue weighted by Gasteiger charge is 2.22. The van der Waals surface area contributed by atoms with Crippen molar-refractivity contribution in [1.29, 1.82) is 0 Å². The van der Waals surface area contributed by atoms with Gasteiger partial charge in [0.15, 0.2) is 0 Å². The van der Waals surface area contributed by atoms with Gasteiger partial charge < -0.3 is 5.73 Å². The fourth-order valence-corrected chi connectivity index (χ4v) is 1.62. The molecule has 3 nitrogen and oxygen atoms in total. The maximum Gasteiger partial charge on any atom is 0.0820 e. The summed E-state index contributed by atoms with van der Waals surface area (Å²) in [4.78, 5) is 0. The fraction of sp³-hybridized carbons (Fsp3) is 0.250. The third-order valence-electron chi connectivity index (χ3n) is 2.66. The Morgan fingerprint density at radius 3 is 2.40 bits per heavy atom. The van der Waals surface area contributed by atoms with Gasteiger partial charge in [-0.15, -0.1) is 0 Å². The Balaban J connectivity index is 2.43. The molecule has 0 amide bonds. The quantitative estimate of drug-likeness (QED) is 0.809. The van der Waals surface area contributed by atoms with E-state index >= 15 is 0 Å². The molecule has 0 spiro atoms. The minimum absolute atomic E-state index is 0.168. The Kier molecular flexibility index (Phi) is 2.23. The number of benzene rings is 1. The van der Waals surface area contributed by atoms with Crippen molar-refractivity contribution in [2.45, 2.75) is 19.4 Å². The summed E-state index contributed by atoms with van der Waals surface area (Å²) >= 11 is 0. The Morgan fingerprint density at radius 2 is 1.87 bits per heavy atom. The molecule has 1 aromatic heterocycles. The molecule has 0 unspecified atom stereocenters. The predicted octanol–water partition coefficient (Wildman–Crippen LogP) is 2.25. The van der Waals surface area contributed by atoms with E-state index in [1.807, 2.05) is 29.1 Å². The fourth-order valence-electron chi connectivity index (χ4n) is 1.62. The standard InChI is InChI=1S/C12H15N3/c1-12(2,10-6-4-3-5-7-10)15-9-11(13)8-14-15/h3-9H,13H2,1-2H3. The van der Waals surface area contributed by atoms with E-state index in [0.29, 0.717) is 5.69 Å². The molecule has 1 heterocycles. The van der Waals surface area contributed by atoms with Crippen molar-refractivity contribution >= 4 is 5.69 Å². The molecule has 0 atom stereocenters.